The van der Waals surface area contributed by atoms with Crippen molar-refractivity contribution < 1.29 is 22.6 Å². The summed E-state index contributed by atoms with van der Waals surface area (Å²) in [5.74, 6) is 0.187. The Kier molecular flexibility index (Phi) is 4.91. The first-order valence-electron chi connectivity index (χ1n) is 8.92. The average molecular weight is 412 g/mol. The summed E-state index contributed by atoms with van der Waals surface area (Å²) in [5, 5.41) is 0.583. The molecule has 152 valence electrons. The number of rotatable bonds is 4. The maximum absolute atomic E-state index is 12.9. The van der Waals surface area contributed by atoms with E-state index in [0.717, 1.165) is 23.3 Å². The molecule has 30 heavy (non-hydrogen) atoms. The molecule has 2 aromatic carbocycles. The molecule has 0 saturated carbocycles. The van der Waals surface area contributed by atoms with Crippen LogP contribution < -0.4 is 14.9 Å². The Morgan fingerprint density at radius 2 is 1.63 bits per heavy atom. The van der Waals surface area contributed by atoms with Gasteiger partial charge in [-0.05, 0) is 49.4 Å². The zero-order valence-corrected chi connectivity index (χ0v) is 15.7. The van der Waals surface area contributed by atoms with Gasteiger partial charge in [0, 0.05) is 34.4 Å². The Morgan fingerprint density at radius 1 is 0.933 bits per heavy atom. The third-order valence-corrected chi connectivity index (χ3v) is 4.40. The predicted molar refractivity (Wildman–Crippen MR) is 106 cm³/mol. The van der Waals surface area contributed by atoms with E-state index < -0.39 is 6.36 Å². The normalized spacial score (nSPS) is 11.5. The molecule has 1 N–H and O–H groups in total. The van der Waals surface area contributed by atoms with Gasteiger partial charge in [0.05, 0.1) is 5.56 Å². The fraction of sp³-hybridized carbons (Fsp3) is 0.0909. The number of nitrogens with zero attached hydrogens (tertiary/aromatic N) is 1. The zero-order chi connectivity index (χ0) is 21.3. The third kappa shape index (κ3) is 4.12. The summed E-state index contributed by atoms with van der Waals surface area (Å²) in [6.07, 6.45) is -3.23. The van der Waals surface area contributed by atoms with E-state index in [1.54, 1.807) is 24.3 Å². The molecule has 4 aromatic rings. The van der Waals surface area contributed by atoms with E-state index >= 15 is 0 Å². The molecule has 0 aliphatic carbocycles. The van der Waals surface area contributed by atoms with Crippen LogP contribution in [0.2, 0.25) is 0 Å². The number of benzene rings is 2. The van der Waals surface area contributed by atoms with Gasteiger partial charge in [-0.15, -0.1) is 13.2 Å². The number of fused-ring (bicyclic) bond motifs is 1. The van der Waals surface area contributed by atoms with Crippen LogP contribution in [0.3, 0.4) is 0 Å². The second-order valence-electron chi connectivity index (χ2n) is 6.51. The van der Waals surface area contributed by atoms with Crippen molar-refractivity contribution >= 4 is 10.9 Å². The number of H-pyrrole nitrogens is 1. The highest BCUT2D eigenvalue weighted by Crippen LogP contribution is 2.28. The van der Waals surface area contributed by atoms with Crippen molar-refractivity contribution in [2.75, 3.05) is 0 Å². The summed E-state index contributed by atoms with van der Waals surface area (Å²) in [6.45, 7) is 1.82. The van der Waals surface area contributed by atoms with Crippen molar-refractivity contribution in [3.8, 4) is 28.5 Å². The molecular weight excluding hydrogens is 397 g/mol. The molecule has 8 heteroatoms. The van der Waals surface area contributed by atoms with Gasteiger partial charge in [0.25, 0.3) is 0 Å². The van der Waals surface area contributed by atoms with Gasteiger partial charge in [0.15, 0.2) is 5.43 Å². The Balaban J connectivity index is 1.57. The number of ether oxygens (including phenoxy) is 2. The van der Waals surface area contributed by atoms with Crippen molar-refractivity contribution in [3.05, 3.63) is 82.8 Å². The monoisotopic (exact) mass is 412 g/mol. The van der Waals surface area contributed by atoms with E-state index in [0.29, 0.717) is 22.3 Å². The first-order valence-corrected chi connectivity index (χ1v) is 8.92. The van der Waals surface area contributed by atoms with E-state index in [9.17, 15) is 18.0 Å². The second kappa shape index (κ2) is 7.55. The van der Waals surface area contributed by atoms with Gasteiger partial charge in [-0.3, -0.25) is 4.79 Å². The number of aromatic amines is 1. The summed E-state index contributed by atoms with van der Waals surface area (Å²) in [5.41, 5.74) is 2.52. The summed E-state index contributed by atoms with van der Waals surface area (Å²) in [7, 11) is 0. The van der Waals surface area contributed by atoms with Crippen molar-refractivity contribution in [3.63, 3.8) is 0 Å². The fourth-order valence-corrected chi connectivity index (χ4v) is 3.13. The van der Waals surface area contributed by atoms with Crippen LogP contribution in [-0.4, -0.2) is 16.3 Å². The predicted octanol–water partition coefficient (Wildman–Crippen LogP) is 5.59. The Labute approximate surface area is 168 Å². The van der Waals surface area contributed by atoms with Crippen LogP contribution in [0.4, 0.5) is 13.2 Å². The lowest BCUT2D eigenvalue weighted by Crippen LogP contribution is -2.16. The maximum Gasteiger partial charge on any atom is 0.573 e. The molecule has 0 amide bonds. The van der Waals surface area contributed by atoms with Crippen molar-refractivity contribution in [2.24, 2.45) is 0 Å². The Bertz CT molecular complexity index is 1250. The van der Waals surface area contributed by atoms with Gasteiger partial charge in [-0.1, -0.05) is 12.1 Å². The van der Waals surface area contributed by atoms with Crippen molar-refractivity contribution in [1.29, 1.82) is 0 Å². The SMILES string of the molecule is Cc1[nH]c2ccccc2c(=O)c1-c1ccc(Oc2ccc(OC(F)(F)F)cc2)nc1. The van der Waals surface area contributed by atoms with Crippen LogP contribution in [0, 0.1) is 6.92 Å². The van der Waals surface area contributed by atoms with E-state index in [1.807, 2.05) is 19.1 Å². The average Bonchev–Trinajstić information content (AvgIpc) is 2.70. The molecule has 2 heterocycles. The maximum atomic E-state index is 12.9. The van der Waals surface area contributed by atoms with E-state index in [1.165, 1.54) is 18.3 Å². The number of aryl methyl sites for hydroxylation is 1. The quantitative estimate of drug-likeness (QED) is 0.475. The van der Waals surface area contributed by atoms with E-state index in [4.69, 9.17) is 4.74 Å². The summed E-state index contributed by atoms with van der Waals surface area (Å²) in [6, 6.07) is 15.5. The lowest BCUT2D eigenvalue weighted by molar-refractivity contribution is -0.274. The van der Waals surface area contributed by atoms with E-state index in [2.05, 4.69) is 14.7 Å². The smallest absolute Gasteiger partial charge is 0.439 e. The van der Waals surface area contributed by atoms with Crippen LogP contribution in [-0.2, 0) is 0 Å². The molecule has 0 atom stereocenters. The van der Waals surface area contributed by atoms with Crippen LogP contribution in [0.5, 0.6) is 17.4 Å². The van der Waals surface area contributed by atoms with Crippen LogP contribution >= 0.6 is 0 Å². The molecule has 0 spiro atoms. The van der Waals surface area contributed by atoms with Crippen LogP contribution in [0.25, 0.3) is 22.0 Å². The minimum atomic E-state index is -4.75. The molecule has 0 saturated heterocycles. The highest BCUT2D eigenvalue weighted by atomic mass is 19.4. The topological polar surface area (TPSA) is 64.2 Å². The van der Waals surface area contributed by atoms with Crippen LogP contribution in [0.15, 0.2) is 71.7 Å². The third-order valence-electron chi connectivity index (χ3n) is 4.40. The number of para-hydroxylation sites is 1. The summed E-state index contributed by atoms with van der Waals surface area (Å²) in [4.78, 5) is 20.3. The minimum absolute atomic E-state index is 0.0995. The standard InChI is InChI=1S/C22H15F3N2O3/c1-13-20(21(28)17-4-2-3-5-18(17)27-13)14-6-11-19(26-12-14)29-15-7-9-16(10-8-15)30-22(23,24)25/h2-12H,1H3,(H,27,28). The molecule has 0 radical (unpaired) electrons. The number of aromatic nitrogens is 2. The zero-order valence-electron chi connectivity index (χ0n) is 15.7. The summed E-state index contributed by atoms with van der Waals surface area (Å²) >= 11 is 0. The number of alkyl halides is 3. The molecule has 0 fully saturated rings. The number of hydrogen-bond donors (Lipinski definition) is 1. The lowest BCUT2D eigenvalue weighted by Gasteiger charge is -2.10. The van der Waals surface area contributed by atoms with Gasteiger partial charge < -0.3 is 14.5 Å². The van der Waals surface area contributed by atoms with Gasteiger partial charge >= 0.3 is 6.36 Å². The highest BCUT2D eigenvalue weighted by Gasteiger charge is 2.31. The first-order chi connectivity index (χ1) is 14.3. The molecule has 5 nitrogen and oxygen atoms in total. The number of pyridine rings is 2. The molecule has 2 aromatic heterocycles. The molecular formula is C22H15F3N2O3. The molecule has 4 rings (SSSR count). The van der Waals surface area contributed by atoms with E-state index in [-0.39, 0.29) is 17.1 Å². The molecule has 0 bridgehead atoms. The highest BCUT2D eigenvalue weighted by molar-refractivity contribution is 5.84. The Morgan fingerprint density at radius 3 is 2.30 bits per heavy atom. The van der Waals surface area contributed by atoms with Gasteiger partial charge in [-0.2, -0.15) is 0 Å². The van der Waals surface area contributed by atoms with Gasteiger partial charge in [0.2, 0.25) is 5.88 Å². The molecule has 0 aliphatic heterocycles. The number of hydrogen-bond acceptors (Lipinski definition) is 4. The molecule has 0 aliphatic rings. The summed E-state index contributed by atoms with van der Waals surface area (Å²) < 4.78 is 46.0. The van der Waals surface area contributed by atoms with Crippen molar-refractivity contribution in [1.82, 2.24) is 9.97 Å². The lowest BCUT2D eigenvalue weighted by atomic mass is 10.0. The fourth-order valence-electron chi connectivity index (χ4n) is 3.13. The van der Waals surface area contributed by atoms with Crippen molar-refractivity contribution in [2.45, 2.75) is 13.3 Å². The van der Waals surface area contributed by atoms with Gasteiger partial charge in [-0.25, -0.2) is 4.98 Å². The van der Waals surface area contributed by atoms with Crippen LogP contribution in [0.1, 0.15) is 5.69 Å². The first kappa shape index (κ1) is 19.5. The Hall–Kier alpha value is -3.81. The molecule has 0 unspecified atom stereocenters. The largest absolute Gasteiger partial charge is 0.573 e. The number of halogens is 3. The number of nitrogens with one attached hydrogen (secondary N) is 1. The minimum Gasteiger partial charge on any atom is -0.439 e. The second-order valence-corrected chi connectivity index (χ2v) is 6.51. The van der Waals surface area contributed by atoms with Gasteiger partial charge in [0.1, 0.15) is 11.5 Å².